The van der Waals surface area contributed by atoms with Crippen molar-refractivity contribution in [2.75, 3.05) is 13.2 Å². The lowest BCUT2D eigenvalue weighted by atomic mass is 10.5. The van der Waals surface area contributed by atoms with Crippen LogP contribution in [0.25, 0.3) is 0 Å². The molecule has 0 aromatic rings. The highest BCUT2D eigenvalue weighted by Crippen LogP contribution is 1.89. The van der Waals surface area contributed by atoms with Gasteiger partial charge in [-0.05, 0) is 12.2 Å². The first-order valence-corrected chi connectivity index (χ1v) is 3.97. The van der Waals surface area contributed by atoms with Crippen LogP contribution < -0.4 is 0 Å². The quantitative estimate of drug-likeness (QED) is 0.372. The Balaban J connectivity index is 3.31. The van der Waals surface area contributed by atoms with Gasteiger partial charge in [0.15, 0.2) is 5.05 Å². The van der Waals surface area contributed by atoms with Crippen LogP contribution in [0.3, 0.4) is 0 Å². The van der Waals surface area contributed by atoms with Crippen LogP contribution in [0.4, 0.5) is 0 Å². The van der Waals surface area contributed by atoms with E-state index < -0.39 is 0 Å². The van der Waals surface area contributed by atoms with E-state index in [2.05, 4.69) is 18.8 Å². The van der Waals surface area contributed by atoms with Crippen LogP contribution in [0.15, 0.2) is 12.7 Å². The number of ether oxygens (including phenoxy) is 2. The number of thiocarbonyl (C=S) groups is 1. The topological polar surface area (TPSA) is 35.5 Å². The minimum absolute atomic E-state index is 0.224. The third-order valence-corrected chi connectivity index (χ3v) is 1.09. The summed E-state index contributed by atoms with van der Waals surface area (Å²) in [4.78, 5) is 10.8. The zero-order valence-electron chi connectivity index (χ0n) is 7.04. The average Bonchev–Trinajstić information content (AvgIpc) is 2.00. The number of hydrogen-bond donors (Lipinski definition) is 0. The lowest BCUT2D eigenvalue weighted by Crippen LogP contribution is -2.09. The molecule has 68 valence electrons. The fraction of sp³-hybridized carbons (Fsp3) is 0.500. The molecule has 0 atom stereocenters. The number of hydrogen-bond acceptors (Lipinski definition) is 4. The summed E-state index contributed by atoms with van der Waals surface area (Å²) < 4.78 is 9.59. The maximum atomic E-state index is 10.8. The molecule has 0 rings (SSSR count). The van der Waals surface area contributed by atoms with Crippen molar-refractivity contribution in [1.82, 2.24) is 0 Å². The van der Waals surface area contributed by atoms with E-state index in [1.165, 1.54) is 6.08 Å². The fourth-order valence-electron chi connectivity index (χ4n) is 0.502. The zero-order chi connectivity index (χ0) is 9.40. The van der Waals surface area contributed by atoms with Gasteiger partial charge in [-0.1, -0.05) is 12.7 Å². The second kappa shape index (κ2) is 6.79. The van der Waals surface area contributed by atoms with Gasteiger partial charge in [0.25, 0.3) is 0 Å². The van der Waals surface area contributed by atoms with E-state index >= 15 is 0 Å². The van der Waals surface area contributed by atoms with Gasteiger partial charge in [0.05, 0.1) is 13.0 Å². The normalized spacial score (nSPS) is 8.75. The van der Waals surface area contributed by atoms with Crippen LogP contribution in [-0.4, -0.2) is 24.2 Å². The highest BCUT2D eigenvalue weighted by atomic mass is 32.1. The Kier molecular flexibility index (Phi) is 6.28. The molecule has 0 unspecified atom stereocenters. The molecule has 0 heterocycles. The third kappa shape index (κ3) is 7.21. The van der Waals surface area contributed by atoms with Gasteiger partial charge in [0.1, 0.15) is 6.61 Å². The molecule has 0 aliphatic carbocycles. The van der Waals surface area contributed by atoms with E-state index in [1.54, 1.807) is 6.92 Å². The molecule has 0 radical (unpaired) electrons. The number of esters is 1. The average molecular weight is 188 g/mol. The van der Waals surface area contributed by atoms with Crippen molar-refractivity contribution in [3.63, 3.8) is 0 Å². The van der Waals surface area contributed by atoms with Crippen LogP contribution in [0.1, 0.15) is 13.3 Å². The maximum absolute atomic E-state index is 10.8. The Labute approximate surface area is 77.4 Å². The molecule has 0 aromatic carbocycles. The van der Waals surface area contributed by atoms with Crippen molar-refractivity contribution >= 4 is 23.2 Å². The monoisotopic (exact) mass is 188 g/mol. The Hall–Kier alpha value is -0.900. The first-order chi connectivity index (χ1) is 5.66. The van der Waals surface area contributed by atoms with E-state index in [1.807, 2.05) is 0 Å². The van der Waals surface area contributed by atoms with Gasteiger partial charge in [0.2, 0.25) is 0 Å². The Morgan fingerprint density at radius 3 is 2.75 bits per heavy atom. The van der Waals surface area contributed by atoms with Crippen LogP contribution in [0, 0.1) is 0 Å². The summed E-state index contributed by atoms with van der Waals surface area (Å²) >= 11 is 4.64. The maximum Gasteiger partial charge on any atom is 0.309 e. The summed E-state index contributed by atoms with van der Waals surface area (Å²) in [5, 5.41) is 0.437. The molecule has 0 aliphatic rings. The van der Waals surface area contributed by atoms with Gasteiger partial charge >= 0.3 is 5.97 Å². The van der Waals surface area contributed by atoms with E-state index in [0.717, 1.165) is 0 Å². The molecule has 0 amide bonds. The number of rotatable bonds is 5. The minimum Gasteiger partial charge on any atom is -0.487 e. The number of carbonyl (C=O) groups excluding carboxylic acids is 1. The van der Waals surface area contributed by atoms with Crippen molar-refractivity contribution < 1.29 is 14.3 Å². The molecular formula is C8H12O3S. The minimum atomic E-state index is -0.300. The molecule has 0 saturated heterocycles. The van der Waals surface area contributed by atoms with E-state index in [0.29, 0.717) is 5.05 Å². The molecule has 0 bridgehead atoms. The summed E-state index contributed by atoms with van der Waals surface area (Å²) in [7, 11) is 0. The molecule has 0 spiro atoms. The van der Waals surface area contributed by atoms with E-state index in [4.69, 9.17) is 9.47 Å². The zero-order valence-corrected chi connectivity index (χ0v) is 7.86. The van der Waals surface area contributed by atoms with Gasteiger partial charge < -0.3 is 9.47 Å². The predicted molar refractivity (Wildman–Crippen MR) is 50.0 cm³/mol. The van der Waals surface area contributed by atoms with Crippen LogP contribution in [0.5, 0.6) is 0 Å². The second-order valence-corrected chi connectivity index (χ2v) is 2.64. The smallest absolute Gasteiger partial charge is 0.309 e. The van der Waals surface area contributed by atoms with Gasteiger partial charge in [-0.25, -0.2) is 0 Å². The molecule has 0 N–H and O–H groups in total. The lowest BCUT2D eigenvalue weighted by Gasteiger charge is -2.02. The van der Waals surface area contributed by atoms with Gasteiger partial charge in [-0.3, -0.25) is 4.79 Å². The van der Waals surface area contributed by atoms with Crippen molar-refractivity contribution in [1.29, 1.82) is 0 Å². The Morgan fingerprint density at radius 2 is 2.25 bits per heavy atom. The highest BCUT2D eigenvalue weighted by Gasteiger charge is 2.01. The summed E-state index contributed by atoms with van der Waals surface area (Å²) in [6.07, 6.45) is 1.74. The van der Waals surface area contributed by atoms with Gasteiger partial charge in [-0.15, -0.1) is 0 Å². The summed E-state index contributed by atoms with van der Waals surface area (Å²) in [5.41, 5.74) is 0. The summed E-state index contributed by atoms with van der Waals surface area (Å²) in [6.45, 7) is 5.60. The molecule has 0 aromatic heterocycles. The molecule has 12 heavy (non-hydrogen) atoms. The van der Waals surface area contributed by atoms with Crippen molar-refractivity contribution in [2.45, 2.75) is 13.3 Å². The lowest BCUT2D eigenvalue weighted by molar-refractivity contribution is -0.143. The first-order valence-electron chi connectivity index (χ1n) is 3.56. The van der Waals surface area contributed by atoms with E-state index in [-0.39, 0.29) is 25.6 Å². The SMILES string of the molecule is C=CCOC(=O)CCOC(C)=S. The Bertz CT molecular complexity index is 177. The van der Waals surface area contributed by atoms with Crippen LogP contribution >= 0.6 is 12.2 Å². The molecule has 4 heteroatoms. The molecular weight excluding hydrogens is 176 g/mol. The third-order valence-electron chi connectivity index (χ3n) is 0.974. The van der Waals surface area contributed by atoms with Crippen molar-refractivity contribution in [2.24, 2.45) is 0 Å². The highest BCUT2D eigenvalue weighted by molar-refractivity contribution is 7.80. The summed E-state index contributed by atoms with van der Waals surface area (Å²) in [5.74, 6) is -0.300. The molecule has 0 saturated carbocycles. The second-order valence-electron chi connectivity index (χ2n) is 2.06. The van der Waals surface area contributed by atoms with Gasteiger partial charge in [0, 0.05) is 6.92 Å². The fourth-order valence-corrected chi connectivity index (χ4v) is 0.585. The van der Waals surface area contributed by atoms with E-state index in [9.17, 15) is 4.79 Å². The van der Waals surface area contributed by atoms with Crippen molar-refractivity contribution in [3.8, 4) is 0 Å². The molecule has 3 nitrogen and oxygen atoms in total. The van der Waals surface area contributed by atoms with Crippen molar-refractivity contribution in [3.05, 3.63) is 12.7 Å². The predicted octanol–water partition coefficient (Wildman–Crippen LogP) is 1.47. The van der Waals surface area contributed by atoms with Crippen LogP contribution in [-0.2, 0) is 14.3 Å². The summed E-state index contributed by atoms with van der Waals surface area (Å²) in [6, 6.07) is 0. The van der Waals surface area contributed by atoms with Gasteiger partial charge in [-0.2, -0.15) is 0 Å². The van der Waals surface area contributed by atoms with Crippen LogP contribution in [0.2, 0.25) is 0 Å². The molecule has 0 fully saturated rings. The largest absolute Gasteiger partial charge is 0.487 e. The Morgan fingerprint density at radius 1 is 1.58 bits per heavy atom. The molecule has 0 aliphatic heterocycles. The number of carbonyl (C=O) groups is 1. The standard InChI is InChI=1S/C8H12O3S/c1-3-5-11-8(9)4-6-10-7(2)12/h3H,1,4-6H2,2H3. The first kappa shape index (κ1) is 11.1.